The second-order valence-electron chi connectivity index (χ2n) is 12.5. The molecular weight excluding hydrogens is 500 g/mol. The predicted octanol–water partition coefficient (Wildman–Crippen LogP) is 5.42. The third kappa shape index (κ3) is 5.39. The smallest absolute Gasteiger partial charge is 0.258 e. The minimum atomic E-state index is -0.299. The summed E-state index contributed by atoms with van der Waals surface area (Å²) in [5.74, 6) is 0.197. The van der Waals surface area contributed by atoms with Crippen molar-refractivity contribution in [3.8, 4) is 6.07 Å². The van der Waals surface area contributed by atoms with Gasteiger partial charge in [-0.05, 0) is 79.0 Å². The molecule has 2 aliphatic rings. The lowest BCUT2D eigenvalue weighted by molar-refractivity contribution is -0.125. The Labute approximate surface area is 236 Å². The van der Waals surface area contributed by atoms with Crippen molar-refractivity contribution in [2.45, 2.75) is 65.6 Å². The third-order valence-corrected chi connectivity index (χ3v) is 8.77. The average Bonchev–Trinajstić information content (AvgIpc) is 3.51. The van der Waals surface area contributed by atoms with Crippen LogP contribution in [-0.2, 0) is 11.3 Å². The van der Waals surface area contributed by atoms with Gasteiger partial charge in [-0.25, -0.2) is 4.98 Å². The number of amides is 2. The summed E-state index contributed by atoms with van der Waals surface area (Å²) in [4.78, 5) is 32.2. The van der Waals surface area contributed by atoms with E-state index in [1.54, 1.807) is 24.3 Å². The van der Waals surface area contributed by atoms with E-state index in [1.165, 1.54) is 6.08 Å². The van der Waals surface area contributed by atoms with Crippen molar-refractivity contribution in [2.24, 2.45) is 10.8 Å². The van der Waals surface area contributed by atoms with Crippen LogP contribution in [0.3, 0.4) is 0 Å². The fraction of sp³-hybridized carbons (Fsp3) is 0.438. The van der Waals surface area contributed by atoms with Crippen molar-refractivity contribution in [1.29, 1.82) is 5.26 Å². The Morgan fingerprint density at radius 1 is 1.25 bits per heavy atom. The Balaban J connectivity index is 1.42. The fourth-order valence-corrected chi connectivity index (χ4v) is 5.90. The number of likely N-dealkylation sites (tertiary alicyclic amines) is 1. The molecule has 2 fully saturated rings. The van der Waals surface area contributed by atoms with E-state index < -0.39 is 0 Å². The maximum Gasteiger partial charge on any atom is 0.258 e. The molecule has 40 heavy (non-hydrogen) atoms. The molecule has 2 aromatic carbocycles. The molecule has 0 radical (unpaired) electrons. The number of carbonyl (C=O) groups is 2. The van der Waals surface area contributed by atoms with Gasteiger partial charge in [-0.1, -0.05) is 39.5 Å². The summed E-state index contributed by atoms with van der Waals surface area (Å²) in [5.41, 5.74) is 4.03. The van der Waals surface area contributed by atoms with Gasteiger partial charge in [0.2, 0.25) is 11.9 Å². The van der Waals surface area contributed by atoms with E-state index >= 15 is 0 Å². The minimum absolute atomic E-state index is 0.0112. The molecule has 3 aromatic rings. The zero-order chi connectivity index (χ0) is 28.7. The number of carbonyl (C=O) groups excluding carboxylic acids is 2. The van der Waals surface area contributed by atoms with Crippen LogP contribution in [-0.4, -0.2) is 45.4 Å². The molecule has 1 aromatic heterocycles. The van der Waals surface area contributed by atoms with Crippen LogP contribution < -0.4 is 10.6 Å². The highest BCUT2D eigenvalue weighted by Crippen LogP contribution is 2.55. The summed E-state index contributed by atoms with van der Waals surface area (Å²) < 4.78 is 2.15. The second-order valence-corrected chi connectivity index (χ2v) is 12.5. The summed E-state index contributed by atoms with van der Waals surface area (Å²) in [6.45, 7) is 14.7. The number of benzene rings is 2. The first-order valence-corrected chi connectivity index (χ1v) is 14.0. The van der Waals surface area contributed by atoms with E-state index in [0.29, 0.717) is 23.1 Å². The van der Waals surface area contributed by atoms with Crippen molar-refractivity contribution in [2.75, 3.05) is 18.4 Å². The highest BCUT2D eigenvalue weighted by Gasteiger charge is 2.50. The third-order valence-electron chi connectivity index (χ3n) is 8.77. The molecule has 5 rings (SSSR count). The maximum absolute atomic E-state index is 13.2. The molecule has 1 spiro atoms. The molecule has 2 N–H and O–H groups in total. The monoisotopic (exact) mass is 538 g/mol. The lowest BCUT2D eigenvalue weighted by Gasteiger charge is -2.46. The molecule has 0 unspecified atom stereocenters. The summed E-state index contributed by atoms with van der Waals surface area (Å²) in [5, 5.41) is 15.9. The van der Waals surface area contributed by atoms with Crippen molar-refractivity contribution in [1.82, 2.24) is 19.8 Å². The van der Waals surface area contributed by atoms with Crippen LogP contribution in [0.4, 0.5) is 5.95 Å². The van der Waals surface area contributed by atoms with E-state index in [9.17, 15) is 14.9 Å². The first-order valence-electron chi connectivity index (χ1n) is 14.0. The van der Waals surface area contributed by atoms with Crippen LogP contribution in [0.25, 0.3) is 11.0 Å². The number of nitriles is 1. The molecule has 0 bridgehead atoms. The quantitative estimate of drug-likeness (QED) is 0.391. The zero-order valence-corrected chi connectivity index (χ0v) is 23.8. The standard InChI is InChI=1S/C32H38N6O2/c1-6-28(39)37-13-12-32(20-37)16-25(17-32)38-27-11-10-23(19-34-21(2)31(3,4)5)15-26(27)35-30(38)36-29(40)24-9-7-8-22(14-24)18-33/h6-11,14-15,21,25,34H,1,12-13,16-17,19-20H2,2-5H3,(H,35,36,40)/t21-,25?,32?/m0/s1. The van der Waals surface area contributed by atoms with Crippen LogP contribution in [0.1, 0.15) is 74.5 Å². The van der Waals surface area contributed by atoms with Gasteiger partial charge >= 0.3 is 0 Å². The average molecular weight is 539 g/mol. The summed E-state index contributed by atoms with van der Waals surface area (Å²) in [6, 6.07) is 15.6. The summed E-state index contributed by atoms with van der Waals surface area (Å²) >= 11 is 0. The molecule has 8 nitrogen and oxygen atoms in total. The topological polar surface area (TPSA) is 103 Å². The molecule has 1 saturated heterocycles. The number of hydrogen-bond acceptors (Lipinski definition) is 5. The number of nitrogens with zero attached hydrogens (tertiary/aromatic N) is 4. The zero-order valence-electron chi connectivity index (χ0n) is 23.8. The van der Waals surface area contributed by atoms with E-state index in [0.717, 1.165) is 55.5 Å². The number of aromatic nitrogens is 2. The van der Waals surface area contributed by atoms with Crippen LogP contribution in [0.5, 0.6) is 0 Å². The lowest BCUT2D eigenvalue weighted by Crippen LogP contribution is -2.42. The largest absolute Gasteiger partial charge is 0.339 e. The van der Waals surface area contributed by atoms with Gasteiger partial charge in [-0.15, -0.1) is 0 Å². The number of nitrogens with one attached hydrogen (secondary N) is 2. The molecule has 208 valence electrons. The molecule has 1 saturated carbocycles. The van der Waals surface area contributed by atoms with Gasteiger partial charge in [0.15, 0.2) is 0 Å². The normalized spacial score (nSPS) is 21.2. The number of hydrogen-bond donors (Lipinski definition) is 2. The predicted molar refractivity (Wildman–Crippen MR) is 157 cm³/mol. The Bertz CT molecular complexity index is 1500. The van der Waals surface area contributed by atoms with Gasteiger partial charge in [0, 0.05) is 37.3 Å². The van der Waals surface area contributed by atoms with Crippen molar-refractivity contribution in [3.05, 3.63) is 71.8 Å². The van der Waals surface area contributed by atoms with Gasteiger partial charge in [-0.2, -0.15) is 5.26 Å². The minimum Gasteiger partial charge on any atom is -0.339 e. The van der Waals surface area contributed by atoms with Gasteiger partial charge in [-0.3, -0.25) is 14.9 Å². The van der Waals surface area contributed by atoms with E-state index in [2.05, 4.69) is 73.7 Å². The summed E-state index contributed by atoms with van der Waals surface area (Å²) in [7, 11) is 0. The van der Waals surface area contributed by atoms with Crippen LogP contribution >= 0.6 is 0 Å². The number of anilines is 1. The highest BCUT2D eigenvalue weighted by molar-refractivity contribution is 6.04. The molecule has 8 heteroatoms. The van der Waals surface area contributed by atoms with Crippen LogP contribution in [0.15, 0.2) is 55.1 Å². The van der Waals surface area contributed by atoms with Gasteiger partial charge in [0.05, 0.1) is 22.7 Å². The van der Waals surface area contributed by atoms with Gasteiger partial charge < -0.3 is 14.8 Å². The first-order chi connectivity index (χ1) is 19.0. The van der Waals surface area contributed by atoms with Gasteiger partial charge in [0.25, 0.3) is 5.91 Å². The highest BCUT2D eigenvalue weighted by atomic mass is 16.2. The molecule has 2 amide bonds. The Morgan fingerprint density at radius 3 is 2.73 bits per heavy atom. The molecule has 1 atom stereocenters. The first kappa shape index (κ1) is 27.6. The van der Waals surface area contributed by atoms with E-state index in [4.69, 9.17) is 4.98 Å². The molecule has 1 aliphatic carbocycles. The van der Waals surface area contributed by atoms with Crippen molar-refractivity contribution >= 4 is 28.8 Å². The molecule has 1 aliphatic heterocycles. The van der Waals surface area contributed by atoms with Crippen molar-refractivity contribution < 1.29 is 9.59 Å². The second kappa shape index (κ2) is 10.5. The SMILES string of the molecule is C=CC(=O)N1CCC2(CC(n3c(NC(=O)c4cccc(C#N)c4)nc4cc(CN[C@@H](C)C(C)(C)C)ccc43)C2)C1. The maximum atomic E-state index is 13.2. The lowest BCUT2D eigenvalue weighted by atomic mass is 9.64. The van der Waals surface area contributed by atoms with Crippen LogP contribution in [0, 0.1) is 22.2 Å². The van der Waals surface area contributed by atoms with E-state index in [1.807, 2.05) is 4.90 Å². The molecule has 2 heterocycles. The fourth-order valence-electron chi connectivity index (χ4n) is 5.90. The Kier molecular flexibility index (Phi) is 7.28. The van der Waals surface area contributed by atoms with Gasteiger partial charge in [0.1, 0.15) is 0 Å². The Morgan fingerprint density at radius 2 is 2.02 bits per heavy atom. The number of rotatable bonds is 7. The number of fused-ring (bicyclic) bond motifs is 1. The molecular formula is C32H38N6O2. The number of imidazole rings is 1. The van der Waals surface area contributed by atoms with Crippen molar-refractivity contribution in [3.63, 3.8) is 0 Å². The Hall–Kier alpha value is -3.96. The van der Waals surface area contributed by atoms with Crippen LogP contribution in [0.2, 0.25) is 0 Å². The van der Waals surface area contributed by atoms with E-state index in [-0.39, 0.29) is 28.7 Å². The summed E-state index contributed by atoms with van der Waals surface area (Å²) in [6.07, 6.45) is 4.19.